The zero-order chi connectivity index (χ0) is 13.5. The molecule has 1 aliphatic heterocycles. The zero-order valence-electron chi connectivity index (χ0n) is 11.2. The van der Waals surface area contributed by atoms with Crippen LogP contribution in [-0.4, -0.2) is 5.11 Å². The molecule has 0 saturated carbocycles. The van der Waals surface area contributed by atoms with Gasteiger partial charge in [-0.3, -0.25) is 0 Å². The topological polar surface area (TPSA) is 32.3 Å². The van der Waals surface area contributed by atoms with Crippen molar-refractivity contribution >= 4 is 5.69 Å². The highest BCUT2D eigenvalue weighted by molar-refractivity contribution is 5.59. The molecule has 1 heterocycles. The average Bonchev–Trinajstić information content (AvgIpc) is 2.97. The molecule has 0 spiro atoms. The first kappa shape index (κ1) is 11.6. The molecule has 1 aliphatic carbocycles. The van der Waals surface area contributed by atoms with Crippen molar-refractivity contribution in [3.63, 3.8) is 0 Å². The average molecular weight is 263 g/mol. The van der Waals surface area contributed by atoms with Crippen LogP contribution in [0.1, 0.15) is 29.5 Å². The van der Waals surface area contributed by atoms with Crippen molar-refractivity contribution in [3.05, 3.63) is 71.8 Å². The molecule has 0 aromatic heterocycles. The molecule has 0 fully saturated rings. The molecular weight excluding hydrogens is 246 g/mol. The molecule has 20 heavy (non-hydrogen) atoms. The van der Waals surface area contributed by atoms with E-state index in [1.165, 1.54) is 16.8 Å². The second-order valence-corrected chi connectivity index (χ2v) is 5.65. The van der Waals surface area contributed by atoms with Gasteiger partial charge >= 0.3 is 0 Å². The minimum Gasteiger partial charge on any atom is -0.508 e. The maximum atomic E-state index is 9.47. The van der Waals surface area contributed by atoms with Gasteiger partial charge in [0.25, 0.3) is 0 Å². The van der Waals surface area contributed by atoms with E-state index in [1.807, 2.05) is 12.1 Å². The molecular formula is C18H17NO. The van der Waals surface area contributed by atoms with Crippen LogP contribution in [0.15, 0.2) is 60.7 Å². The van der Waals surface area contributed by atoms with Gasteiger partial charge in [0.2, 0.25) is 0 Å². The summed E-state index contributed by atoms with van der Waals surface area (Å²) in [7, 11) is 0. The largest absolute Gasteiger partial charge is 0.508 e. The van der Waals surface area contributed by atoms with Crippen molar-refractivity contribution in [2.24, 2.45) is 5.92 Å². The van der Waals surface area contributed by atoms with Gasteiger partial charge in [-0.1, -0.05) is 42.5 Å². The van der Waals surface area contributed by atoms with E-state index in [4.69, 9.17) is 0 Å². The van der Waals surface area contributed by atoms with E-state index in [2.05, 4.69) is 41.7 Å². The maximum absolute atomic E-state index is 9.47. The highest BCUT2D eigenvalue weighted by Crippen LogP contribution is 2.49. The molecule has 2 aromatic carbocycles. The fourth-order valence-electron chi connectivity index (χ4n) is 3.56. The van der Waals surface area contributed by atoms with Gasteiger partial charge in [-0.15, -0.1) is 0 Å². The summed E-state index contributed by atoms with van der Waals surface area (Å²) in [6, 6.07) is 16.5. The van der Waals surface area contributed by atoms with Crippen molar-refractivity contribution in [1.29, 1.82) is 0 Å². The molecule has 0 amide bonds. The minimum absolute atomic E-state index is 0.311. The van der Waals surface area contributed by atoms with Crippen molar-refractivity contribution in [1.82, 2.24) is 0 Å². The Morgan fingerprint density at radius 2 is 1.80 bits per heavy atom. The molecule has 0 radical (unpaired) electrons. The third-order valence-electron chi connectivity index (χ3n) is 4.52. The molecule has 4 rings (SSSR count). The summed E-state index contributed by atoms with van der Waals surface area (Å²) >= 11 is 0. The van der Waals surface area contributed by atoms with Crippen LogP contribution in [0.25, 0.3) is 0 Å². The number of aromatic hydroxyl groups is 1. The number of hydrogen-bond acceptors (Lipinski definition) is 2. The third-order valence-corrected chi connectivity index (χ3v) is 4.52. The number of rotatable bonds is 1. The first-order valence-corrected chi connectivity index (χ1v) is 7.14. The van der Waals surface area contributed by atoms with Crippen molar-refractivity contribution < 1.29 is 5.11 Å². The fourth-order valence-corrected chi connectivity index (χ4v) is 3.56. The minimum atomic E-state index is 0.311. The number of fused-ring (bicyclic) bond motifs is 3. The monoisotopic (exact) mass is 263 g/mol. The lowest BCUT2D eigenvalue weighted by Gasteiger charge is -2.37. The molecule has 0 bridgehead atoms. The molecule has 0 saturated heterocycles. The zero-order valence-corrected chi connectivity index (χ0v) is 11.2. The quantitative estimate of drug-likeness (QED) is 0.755. The van der Waals surface area contributed by atoms with Gasteiger partial charge in [-0.2, -0.15) is 0 Å². The van der Waals surface area contributed by atoms with Crippen molar-refractivity contribution in [2.75, 3.05) is 5.32 Å². The van der Waals surface area contributed by atoms with Gasteiger partial charge in [-0.05, 0) is 41.7 Å². The molecule has 2 nitrogen and oxygen atoms in total. The van der Waals surface area contributed by atoms with Gasteiger partial charge in [0.15, 0.2) is 0 Å². The highest BCUT2D eigenvalue weighted by atomic mass is 16.3. The van der Waals surface area contributed by atoms with Crippen LogP contribution in [0.2, 0.25) is 0 Å². The lowest BCUT2D eigenvalue weighted by molar-refractivity contribution is 0.424. The van der Waals surface area contributed by atoms with Crippen LogP contribution >= 0.6 is 0 Å². The maximum Gasteiger partial charge on any atom is 0.115 e. The highest BCUT2D eigenvalue weighted by Gasteiger charge is 2.37. The summed E-state index contributed by atoms with van der Waals surface area (Å²) in [4.78, 5) is 0. The van der Waals surface area contributed by atoms with Gasteiger partial charge in [-0.25, -0.2) is 0 Å². The number of benzene rings is 2. The van der Waals surface area contributed by atoms with Crippen LogP contribution in [0, 0.1) is 5.92 Å². The second kappa shape index (κ2) is 4.41. The molecule has 2 aliphatic rings. The van der Waals surface area contributed by atoms with Crippen LogP contribution in [-0.2, 0) is 0 Å². The summed E-state index contributed by atoms with van der Waals surface area (Å²) < 4.78 is 0. The van der Waals surface area contributed by atoms with E-state index < -0.39 is 0 Å². The third kappa shape index (κ3) is 1.72. The van der Waals surface area contributed by atoms with Gasteiger partial charge < -0.3 is 10.4 Å². The Morgan fingerprint density at radius 1 is 1.00 bits per heavy atom. The Kier molecular flexibility index (Phi) is 2.56. The van der Waals surface area contributed by atoms with Crippen molar-refractivity contribution in [2.45, 2.75) is 18.4 Å². The van der Waals surface area contributed by atoms with E-state index in [9.17, 15) is 5.11 Å². The number of hydrogen-bond donors (Lipinski definition) is 2. The number of nitrogens with one attached hydrogen (secondary N) is 1. The lowest BCUT2D eigenvalue weighted by atomic mass is 9.77. The molecule has 2 heteroatoms. The predicted octanol–water partition coefficient (Wildman–Crippen LogP) is 4.22. The molecule has 2 aromatic rings. The number of phenolic OH excluding ortho intramolecular Hbond substituents is 1. The molecule has 2 N–H and O–H groups in total. The Hall–Kier alpha value is -2.22. The Labute approximate surface area is 118 Å². The Morgan fingerprint density at radius 3 is 2.65 bits per heavy atom. The van der Waals surface area contributed by atoms with E-state index >= 15 is 0 Å². The lowest BCUT2D eigenvalue weighted by Crippen LogP contribution is -2.28. The molecule has 3 atom stereocenters. The number of allylic oxidation sites excluding steroid dienone is 2. The summed E-state index contributed by atoms with van der Waals surface area (Å²) in [6.07, 6.45) is 5.75. The van der Waals surface area contributed by atoms with E-state index in [1.54, 1.807) is 12.1 Å². The van der Waals surface area contributed by atoms with E-state index in [-0.39, 0.29) is 0 Å². The summed E-state index contributed by atoms with van der Waals surface area (Å²) in [5.74, 6) is 1.40. The number of para-hydroxylation sites is 1. The number of anilines is 1. The van der Waals surface area contributed by atoms with Crippen LogP contribution in [0.4, 0.5) is 5.69 Å². The van der Waals surface area contributed by atoms with E-state index in [0.29, 0.717) is 23.6 Å². The van der Waals surface area contributed by atoms with Gasteiger partial charge in [0.05, 0.1) is 6.04 Å². The van der Waals surface area contributed by atoms with Crippen LogP contribution in [0.3, 0.4) is 0 Å². The van der Waals surface area contributed by atoms with Crippen molar-refractivity contribution in [3.8, 4) is 5.75 Å². The first-order chi connectivity index (χ1) is 9.83. The second-order valence-electron chi connectivity index (χ2n) is 5.65. The predicted molar refractivity (Wildman–Crippen MR) is 80.9 cm³/mol. The van der Waals surface area contributed by atoms with E-state index in [0.717, 1.165) is 6.42 Å². The fraction of sp³-hybridized carbons (Fsp3) is 0.222. The standard InChI is InChI=1S/C18H17NO/c20-13-10-8-12(9-11-13)18-16-6-3-5-14(16)15-4-1-2-7-17(15)19-18/h1-5,7-11,14,16,18-20H,6H2. The first-order valence-electron chi connectivity index (χ1n) is 7.14. The molecule has 100 valence electrons. The van der Waals surface area contributed by atoms with Crippen LogP contribution in [0.5, 0.6) is 5.75 Å². The van der Waals surface area contributed by atoms with Gasteiger partial charge in [0, 0.05) is 11.6 Å². The summed E-state index contributed by atoms with van der Waals surface area (Å²) in [6.45, 7) is 0. The summed E-state index contributed by atoms with van der Waals surface area (Å²) in [5, 5.41) is 13.1. The van der Waals surface area contributed by atoms with Crippen LogP contribution < -0.4 is 5.32 Å². The normalized spacial score (nSPS) is 26.7. The summed E-state index contributed by atoms with van der Waals surface area (Å²) in [5.41, 5.74) is 3.88. The Balaban J connectivity index is 1.77. The Bertz CT molecular complexity index is 659. The smallest absolute Gasteiger partial charge is 0.115 e. The molecule has 3 unspecified atom stereocenters. The SMILES string of the molecule is Oc1ccc(C2Nc3ccccc3C3C=CCC32)cc1. The number of phenols is 1. The van der Waals surface area contributed by atoms with Gasteiger partial charge in [0.1, 0.15) is 5.75 Å².